The van der Waals surface area contributed by atoms with E-state index in [0.29, 0.717) is 23.4 Å². The van der Waals surface area contributed by atoms with Gasteiger partial charge in [-0.25, -0.2) is 13.1 Å². The first-order valence-electron chi connectivity index (χ1n) is 6.60. The van der Waals surface area contributed by atoms with Crippen LogP contribution in [-0.2, 0) is 14.8 Å². The number of guanidine groups is 1. The zero-order valence-corrected chi connectivity index (χ0v) is 17.8. The van der Waals surface area contributed by atoms with Crippen molar-refractivity contribution in [2.75, 3.05) is 33.9 Å². The van der Waals surface area contributed by atoms with E-state index in [9.17, 15) is 8.42 Å². The summed E-state index contributed by atoms with van der Waals surface area (Å²) in [5.74, 6) is 0.586. The van der Waals surface area contributed by atoms with Gasteiger partial charge in [-0.3, -0.25) is 4.99 Å². The largest absolute Gasteiger partial charge is 0.383 e. The highest BCUT2D eigenvalue weighted by Gasteiger charge is 2.15. The summed E-state index contributed by atoms with van der Waals surface area (Å²) in [7, 11) is -0.241. The molecule has 0 saturated heterocycles. The van der Waals surface area contributed by atoms with Gasteiger partial charge >= 0.3 is 0 Å². The van der Waals surface area contributed by atoms with Crippen LogP contribution >= 0.6 is 46.9 Å². The fourth-order valence-electron chi connectivity index (χ4n) is 1.60. The molecule has 1 aromatic heterocycles. The van der Waals surface area contributed by atoms with E-state index in [2.05, 4.69) is 20.3 Å². The Morgan fingerprint density at radius 2 is 2.13 bits per heavy atom. The molecule has 0 spiro atoms. The van der Waals surface area contributed by atoms with Crippen molar-refractivity contribution in [1.29, 1.82) is 0 Å². The van der Waals surface area contributed by atoms with Crippen LogP contribution in [0.4, 0.5) is 0 Å². The number of methoxy groups -OCH3 is 1. The van der Waals surface area contributed by atoms with Crippen molar-refractivity contribution in [3.63, 3.8) is 0 Å². The van der Waals surface area contributed by atoms with Gasteiger partial charge in [0.1, 0.15) is 4.21 Å². The Morgan fingerprint density at radius 3 is 2.65 bits per heavy atom. The SMILES string of the molecule is CN=C(NCCNS(=O)(=O)c1ccc(Cl)s1)NC(C)COC.I. The predicted octanol–water partition coefficient (Wildman–Crippen LogP) is 1.50. The zero-order valence-electron chi connectivity index (χ0n) is 13.1. The normalized spacial score (nSPS) is 13.3. The second-order valence-corrected chi connectivity index (χ2v) is 8.16. The Kier molecular flexibility index (Phi) is 11.4. The van der Waals surface area contributed by atoms with E-state index in [4.69, 9.17) is 16.3 Å². The first-order valence-corrected chi connectivity index (χ1v) is 9.28. The van der Waals surface area contributed by atoms with E-state index in [-0.39, 0.29) is 40.8 Å². The van der Waals surface area contributed by atoms with Gasteiger partial charge < -0.3 is 15.4 Å². The van der Waals surface area contributed by atoms with E-state index in [1.165, 1.54) is 6.07 Å². The van der Waals surface area contributed by atoms with Gasteiger partial charge in [-0.15, -0.1) is 35.3 Å². The van der Waals surface area contributed by atoms with Crippen molar-refractivity contribution in [1.82, 2.24) is 15.4 Å². The average Bonchev–Trinajstić information content (AvgIpc) is 2.90. The van der Waals surface area contributed by atoms with Crippen molar-refractivity contribution in [2.45, 2.75) is 17.2 Å². The van der Waals surface area contributed by atoms with E-state index in [0.717, 1.165) is 11.3 Å². The molecule has 0 bridgehead atoms. The summed E-state index contributed by atoms with van der Waals surface area (Å²) < 4.78 is 32.1. The Balaban J connectivity index is 0.00000484. The van der Waals surface area contributed by atoms with Crippen molar-refractivity contribution in [3.8, 4) is 0 Å². The minimum atomic E-state index is -3.51. The maximum atomic E-state index is 12.0. The monoisotopic (exact) mass is 496 g/mol. The molecule has 0 saturated carbocycles. The lowest BCUT2D eigenvalue weighted by Crippen LogP contribution is -2.46. The van der Waals surface area contributed by atoms with Crippen molar-refractivity contribution < 1.29 is 13.2 Å². The third-order valence-electron chi connectivity index (χ3n) is 2.55. The average molecular weight is 497 g/mol. The number of sulfonamides is 1. The Hall–Kier alpha value is -0.140. The van der Waals surface area contributed by atoms with Crippen LogP contribution in [0.1, 0.15) is 6.92 Å². The molecule has 0 amide bonds. The molecule has 0 aliphatic carbocycles. The maximum absolute atomic E-state index is 12.0. The fourth-order valence-corrected chi connectivity index (χ4v) is 4.16. The third kappa shape index (κ3) is 8.49. The standard InChI is InChI=1S/C12H21ClN4O3S2.HI/c1-9(8-20-3)17-12(14-2)15-6-7-16-22(18,19)11-5-4-10(13)21-11;/h4-5,9,16H,6-8H2,1-3H3,(H2,14,15,17);1H. The van der Waals surface area contributed by atoms with Gasteiger partial charge in [0, 0.05) is 33.3 Å². The van der Waals surface area contributed by atoms with Gasteiger partial charge in [0.2, 0.25) is 10.0 Å². The number of ether oxygens (including phenoxy) is 1. The molecule has 1 atom stereocenters. The van der Waals surface area contributed by atoms with Crippen LogP contribution in [0.25, 0.3) is 0 Å². The first-order chi connectivity index (χ1) is 10.4. The molecule has 134 valence electrons. The van der Waals surface area contributed by atoms with E-state index in [1.807, 2.05) is 6.92 Å². The Morgan fingerprint density at radius 1 is 1.43 bits per heavy atom. The zero-order chi connectivity index (χ0) is 16.6. The summed E-state index contributed by atoms with van der Waals surface area (Å²) in [4.78, 5) is 4.05. The molecule has 23 heavy (non-hydrogen) atoms. The highest BCUT2D eigenvalue weighted by atomic mass is 127. The van der Waals surface area contributed by atoms with Crippen LogP contribution in [0.5, 0.6) is 0 Å². The lowest BCUT2D eigenvalue weighted by Gasteiger charge is -2.17. The van der Waals surface area contributed by atoms with Crippen molar-refractivity contribution >= 4 is 62.9 Å². The lowest BCUT2D eigenvalue weighted by molar-refractivity contribution is 0.179. The van der Waals surface area contributed by atoms with E-state index in [1.54, 1.807) is 20.2 Å². The third-order valence-corrected chi connectivity index (χ3v) is 5.73. The van der Waals surface area contributed by atoms with Gasteiger partial charge in [-0.05, 0) is 19.1 Å². The molecule has 0 aliphatic heterocycles. The molecule has 3 N–H and O–H groups in total. The van der Waals surface area contributed by atoms with Gasteiger partial charge in [0.05, 0.1) is 10.9 Å². The van der Waals surface area contributed by atoms with Gasteiger partial charge in [-0.1, -0.05) is 11.6 Å². The number of hydrogen-bond donors (Lipinski definition) is 3. The topological polar surface area (TPSA) is 91.8 Å². The molecule has 11 heteroatoms. The van der Waals surface area contributed by atoms with Crippen LogP contribution in [0.2, 0.25) is 4.34 Å². The quantitative estimate of drug-likeness (QED) is 0.220. The number of thiophene rings is 1. The molecule has 7 nitrogen and oxygen atoms in total. The van der Waals surface area contributed by atoms with Crippen LogP contribution < -0.4 is 15.4 Å². The number of aliphatic imine (C=N–C) groups is 1. The molecule has 1 aromatic rings. The molecular weight excluding hydrogens is 475 g/mol. The second-order valence-electron chi connectivity index (χ2n) is 4.46. The van der Waals surface area contributed by atoms with Crippen LogP contribution in [0.3, 0.4) is 0 Å². The smallest absolute Gasteiger partial charge is 0.250 e. The van der Waals surface area contributed by atoms with E-state index >= 15 is 0 Å². The Labute approximate surface area is 163 Å². The summed E-state index contributed by atoms with van der Waals surface area (Å²) in [6.07, 6.45) is 0. The van der Waals surface area contributed by atoms with Crippen LogP contribution in [0.15, 0.2) is 21.3 Å². The summed E-state index contributed by atoms with van der Waals surface area (Å²) >= 11 is 6.76. The molecule has 1 rings (SSSR count). The maximum Gasteiger partial charge on any atom is 0.250 e. The van der Waals surface area contributed by atoms with E-state index < -0.39 is 10.0 Å². The number of nitrogens with one attached hydrogen (secondary N) is 3. The summed E-state index contributed by atoms with van der Waals surface area (Å²) in [5.41, 5.74) is 0. The number of hydrogen-bond acceptors (Lipinski definition) is 5. The van der Waals surface area contributed by atoms with Crippen LogP contribution in [-0.4, -0.2) is 54.3 Å². The minimum absolute atomic E-state index is 0. The molecule has 1 unspecified atom stereocenters. The number of nitrogens with zero attached hydrogens (tertiary/aromatic N) is 1. The molecule has 1 heterocycles. The summed E-state index contributed by atoms with van der Waals surface area (Å²) in [6, 6.07) is 3.14. The predicted molar refractivity (Wildman–Crippen MR) is 106 cm³/mol. The lowest BCUT2D eigenvalue weighted by atomic mass is 10.4. The van der Waals surface area contributed by atoms with Crippen LogP contribution in [0, 0.1) is 0 Å². The molecule has 0 radical (unpaired) electrons. The highest BCUT2D eigenvalue weighted by molar-refractivity contribution is 14.0. The fraction of sp³-hybridized carbons (Fsp3) is 0.583. The molecule has 0 aliphatic rings. The molecule has 0 aromatic carbocycles. The molecular formula is C12H22ClIN4O3S2. The second kappa shape index (κ2) is 11.4. The number of rotatable bonds is 8. The van der Waals surface area contributed by atoms with Gasteiger partial charge in [-0.2, -0.15) is 0 Å². The Bertz CT molecular complexity index is 595. The van der Waals surface area contributed by atoms with Crippen molar-refractivity contribution in [2.24, 2.45) is 4.99 Å². The van der Waals surface area contributed by atoms with Crippen molar-refractivity contribution in [3.05, 3.63) is 16.5 Å². The summed E-state index contributed by atoms with van der Waals surface area (Å²) in [6.45, 7) is 3.14. The minimum Gasteiger partial charge on any atom is -0.383 e. The molecule has 0 fully saturated rings. The highest BCUT2D eigenvalue weighted by Crippen LogP contribution is 2.24. The first kappa shape index (κ1) is 22.9. The number of halogens is 2. The summed E-state index contributed by atoms with van der Waals surface area (Å²) in [5, 5.41) is 6.14. The van der Waals surface area contributed by atoms with Gasteiger partial charge in [0.25, 0.3) is 0 Å². The van der Waals surface area contributed by atoms with Gasteiger partial charge in [0.15, 0.2) is 5.96 Å².